The molecule has 1 aliphatic rings. The van der Waals surface area contributed by atoms with E-state index < -0.39 is 6.09 Å². The predicted molar refractivity (Wildman–Crippen MR) is 83.8 cm³/mol. The molecule has 23 heavy (non-hydrogen) atoms. The first-order valence-corrected chi connectivity index (χ1v) is 7.91. The van der Waals surface area contributed by atoms with Crippen molar-refractivity contribution in [1.82, 2.24) is 5.32 Å². The molecule has 1 aliphatic carbocycles. The first-order valence-electron chi connectivity index (χ1n) is 7.91. The van der Waals surface area contributed by atoms with Gasteiger partial charge in [0, 0.05) is 6.04 Å². The summed E-state index contributed by atoms with van der Waals surface area (Å²) in [5.74, 6) is -0.355. The van der Waals surface area contributed by atoms with Gasteiger partial charge < -0.3 is 19.5 Å². The molecule has 0 unspecified atom stereocenters. The molecule has 0 saturated heterocycles. The molecule has 2 rings (SSSR count). The Hall–Kier alpha value is -2.08. The highest BCUT2D eigenvalue weighted by atomic mass is 16.6. The molecule has 2 atom stereocenters. The SMILES string of the molecule is CCOC(=O)CO[C@@H]1CC[C@H](NC(=O)OCc2ccccc2)C1. The predicted octanol–water partition coefficient (Wildman–Crippen LogP) is 2.41. The Morgan fingerprint density at radius 3 is 2.70 bits per heavy atom. The minimum atomic E-state index is -0.426. The number of esters is 1. The number of benzene rings is 1. The maximum Gasteiger partial charge on any atom is 0.407 e. The second-order valence-corrected chi connectivity index (χ2v) is 5.45. The molecule has 0 bridgehead atoms. The van der Waals surface area contributed by atoms with Crippen LogP contribution in [0.5, 0.6) is 0 Å². The lowest BCUT2D eigenvalue weighted by molar-refractivity contribution is -0.150. The maximum absolute atomic E-state index is 11.8. The zero-order valence-corrected chi connectivity index (χ0v) is 13.3. The number of carbonyl (C=O) groups is 2. The van der Waals surface area contributed by atoms with Crippen LogP contribution in [0.4, 0.5) is 4.79 Å². The van der Waals surface area contributed by atoms with Gasteiger partial charge >= 0.3 is 12.1 Å². The van der Waals surface area contributed by atoms with E-state index in [4.69, 9.17) is 14.2 Å². The van der Waals surface area contributed by atoms with Gasteiger partial charge in [0.1, 0.15) is 13.2 Å². The molecular weight excluding hydrogens is 298 g/mol. The first kappa shape index (κ1) is 17.3. The van der Waals surface area contributed by atoms with Crippen molar-refractivity contribution in [3.63, 3.8) is 0 Å². The van der Waals surface area contributed by atoms with Crippen molar-refractivity contribution < 1.29 is 23.8 Å². The van der Waals surface area contributed by atoms with Crippen LogP contribution in [0.15, 0.2) is 30.3 Å². The van der Waals surface area contributed by atoms with E-state index in [0.717, 1.165) is 18.4 Å². The van der Waals surface area contributed by atoms with Crippen LogP contribution in [-0.4, -0.2) is 37.4 Å². The van der Waals surface area contributed by atoms with Crippen molar-refractivity contribution in [3.8, 4) is 0 Å². The molecule has 1 aromatic carbocycles. The van der Waals surface area contributed by atoms with Crippen molar-refractivity contribution in [3.05, 3.63) is 35.9 Å². The van der Waals surface area contributed by atoms with E-state index in [1.807, 2.05) is 30.3 Å². The van der Waals surface area contributed by atoms with Gasteiger partial charge in [-0.15, -0.1) is 0 Å². The zero-order chi connectivity index (χ0) is 16.5. The number of carbonyl (C=O) groups excluding carboxylic acids is 2. The second kappa shape index (κ2) is 9.15. The summed E-state index contributed by atoms with van der Waals surface area (Å²) in [6.45, 7) is 2.32. The van der Waals surface area contributed by atoms with Crippen molar-refractivity contribution >= 4 is 12.1 Å². The molecule has 1 saturated carbocycles. The highest BCUT2D eigenvalue weighted by Gasteiger charge is 2.27. The minimum Gasteiger partial charge on any atom is -0.464 e. The van der Waals surface area contributed by atoms with Gasteiger partial charge in [0.15, 0.2) is 0 Å². The van der Waals surface area contributed by atoms with E-state index in [0.29, 0.717) is 13.0 Å². The van der Waals surface area contributed by atoms with Gasteiger partial charge in [-0.05, 0) is 31.7 Å². The molecule has 6 heteroatoms. The summed E-state index contributed by atoms with van der Waals surface area (Å²) in [4.78, 5) is 23.0. The van der Waals surface area contributed by atoms with E-state index in [9.17, 15) is 9.59 Å². The third kappa shape index (κ3) is 6.28. The van der Waals surface area contributed by atoms with Gasteiger partial charge in [-0.25, -0.2) is 9.59 Å². The number of amides is 1. The highest BCUT2D eigenvalue weighted by molar-refractivity contribution is 5.70. The average Bonchev–Trinajstić information content (AvgIpc) is 3.00. The van der Waals surface area contributed by atoms with E-state index in [1.165, 1.54) is 0 Å². The highest BCUT2D eigenvalue weighted by Crippen LogP contribution is 2.22. The number of hydrogen-bond donors (Lipinski definition) is 1. The normalized spacial score (nSPS) is 20.0. The molecule has 0 aromatic heterocycles. The Morgan fingerprint density at radius 2 is 1.96 bits per heavy atom. The summed E-state index contributed by atoms with van der Waals surface area (Å²) in [5, 5.41) is 2.83. The van der Waals surface area contributed by atoms with Crippen LogP contribution < -0.4 is 5.32 Å². The fourth-order valence-electron chi connectivity index (χ4n) is 2.54. The van der Waals surface area contributed by atoms with Crippen LogP contribution in [0, 0.1) is 0 Å². The van der Waals surface area contributed by atoms with Crippen LogP contribution in [0.25, 0.3) is 0 Å². The molecule has 0 heterocycles. The smallest absolute Gasteiger partial charge is 0.407 e. The largest absolute Gasteiger partial charge is 0.464 e. The second-order valence-electron chi connectivity index (χ2n) is 5.45. The monoisotopic (exact) mass is 321 g/mol. The molecule has 1 fully saturated rings. The van der Waals surface area contributed by atoms with Crippen LogP contribution in [0.1, 0.15) is 31.7 Å². The quantitative estimate of drug-likeness (QED) is 0.781. The number of hydrogen-bond acceptors (Lipinski definition) is 5. The number of alkyl carbamates (subject to hydrolysis) is 1. The zero-order valence-electron chi connectivity index (χ0n) is 13.3. The summed E-state index contributed by atoms with van der Waals surface area (Å²) < 4.78 is 15.5. The van der Waals surface area contributed by atoms with E-state index in [2.05, 4.69) is 5.32 Å². The van der Waals surface area contributed by atoms with Gasteiger partial charge in [-0.1, -0.05) is 30.3 Å². The van der Waals surface area contributed by atoms with Crippen LogP contribution in [0.2, 0.25) is 0 Å². The molecule has 0 radical (unpaired) electrons. The Bertz CT molecular complexity index is 505. The Labute approximate surface area is 136 Å². The number of nitrogens with one attached hydrogen (secondary N) is 1. The number of rotatable bonds is 7. The Balaban J connectivity index is 1.63. The third-order valence-corrected chi connectivity index (χ3v) is 3.66. The lowest BCUT2D eigenvalue weighted by Crippen LogP contribution is -2.34. The third-order valence-electron chi connectivity index (χ3n) is 3.66. The first-order chi connectivity index (χ1) is 11.2. The lowest BCUT2D eigenvalue weighted by Gasteiger charge is -2.14. The molecule has 1 N–H and O–H groups in total. The number of ether oxygens (including phenoxy) is 3. The molecule has 126 valence electrons. The fourth-order valence-corrected chi connectivity index (χ4v) is 2.54. The molecule has 6 nitrogen and oxygen atoms in total. The van der Waals surface area contributed by atoms with Gasteiger partial charge in [0.2, 0.25) is 0 Å². The van der Waals surface area contributed by atoms with E-state index in [1.54, 1.807) is 6.92 Å². The van der Waals surface area contributed by atoms with Crippen molar-refractivity contribution in [2.75, 3.05) is 13.2 Å². The van der Waals surface area contributed by atoms with E-state index in [-0.39, 0.29) is 31.3 Å². The van der Waals surface area contributed by atoms with Gasteiger partial charge in [0.05, 0.1) is 12.7 Å². The van der Waals surface area contributed by atoms with Crippen molar-refractivity contribution in [1.29, 1.82) is 0 Å². The summed E-state index contributed by atoms with van der Waals surface area (Å²) >= 11 is 0. The minimum absolute atomic E-state index is 0.0190. The summed E-state index contributed by atoms with van der Waals surface area (Å²) in [7, 11) is 0. The van der Waals surface area contributed by atoms with Crippen LogP contribution in [0.3, 0.4) is 0 Å². The van der Waals surface area contributed by atoms with Gasteiger partial charge in [-0.3, -0.25) is 0 Å². The Morgan fingerprint density at radius 1 is 1.17 bits per heavy atom. The molecular formula is C17H23NO5. The lowest BCUT2D eigenvalue weighted by atomic mass is 10.2. The van der Waals surface area contributed by atoms with Gasteiger partial charge in [-0.2, -0.15) is 0 Å². The fraction of sp³-hybridized carbons (Fsp3) is 0.529. The maximum atomic E-state index is 11.8. The van der Waals surface area contributed by atoms with Crippen molar-refractivity contribution in [2.24, 2.45) is 0 Å². The van der Waals surface area contributed by atoms with Crippen LogP contribution >= 0.6 is 0 Å². The van der Waals surface area contributed by atoms with Gasteiger partial charge in [0.25, 0.3) is 0 Å². The molecule has 1 aromatic rings. The molecule has 1 amide bonds. The topological polar surface area (TPSA) is 73.9 Å². The standard InChI is InChI=1S/C17H23NO5/c1-2-21-16(19)12-22-15-9-8-14(10-15)18-17(20)23-11-13-6-4-3-5-7-13/h3-7,14-15H,2,8-12H2,1H3,(H,18,20)/t14-,15+/m0/s1. The summed E-state index contributed by atoms with van der Waals surface area (Å²) in [6.07, 6.45) is 1.85. The summed E-state index contributed by atoms with van der Waals surface area (Å²) in [5.41, 5.74) is 0.949. The Kier molecular flexibility index (Phi) is 6.87. The van der Waals surface area contributed by atoms with Crippen LogP contribution in [-0.2, 0) is 25.6 Å². The molecule has 0 spiro atoms. The van der Waals surface area contributed by atoms with E-state index >= 15 is 0 Å². The molecule has 0 aliphatic heterocycles. The average molecular weight is 321 g/mol. The summed E-state index contributed by atoms with van der Waals surface area (Å²) in [6, 6.07) is 9.55. The van der Waals surface area contributed by atoms with Crippen molar-refractivity contribution in [2.45, 2.75) is 44.9 Å².